The number of carbonyl (C=O) groups is 2. The fraction of sp³-hybridized carbons (Fsp3) is 0.867. The molecule has 4 bridgehead atoms. The molecule has 1 aliphatic heterocycles. The summed E-state index contributed by atoms with van der Waals surface area (Å²) in [5, 5.41) is 3.70. The first kappa shape index (κ1) is 21.9. The molecule has 1 amide bonds. The molecule has 34 heavy (non-hydrogen) atoms. The lowest BCUT2D eigenvalue weighted by Gasteiger charge is -2.60. The van der Waals surface area contributed by atoms with E-state index in [0.29, 0.717) is 41.9 Å². The monoisotopic (exact) mass is 464 g/mol. The van der Waals surface area contributed by atoms with Crippen molar-refractivity contribution in [3.63, 3.8) is 0 Å². The number of fused-ring (bicyclic) bond motifs is 5. The Labute approximate surface area is 205 Å². The summed E-state index contributed by atoms with van der Waals surface area (Å²) in [5.74, 6) is 6.28. The summed E-state index contributed by atoms with van der Waals surface area (Å²) in [4.78, 5) is 28.5. The van der Waals surface area contributed by atoms with Crippen molar-refractivity contribution in [3.8, 4) is 0 Å². The number of nitrogens with zero attached hydrogens (tertiary/aromatic N) is 1. The molecular formula is C30H44N2O2. The number of carbonyl (C=O) groups excluding carboxylic acids is 2. The number of ketones is 1. The van der Waals surface area contributed by atoms with Gasteiger partial charge in [-0.2, -0.15) is 0 Å². The van der Waals surface area contributed by atoms with E-state index < -0.39 is 0 Å². The summed E-state index contributed by atoms with van der Waals surface area (Å²) >= 11 is 0. The third-order valence-corrected chi connectivity index (χ3v) is 12.8. The van der Waals surface area contributed by atoms with E-state index in [0.717, 1.165) is 43.1 Å². The highest BCUT2D eigenvalue weighted by atomic mass is 16.2. The summed E-state index contributed by atoms with van der Waals surface area (Å²) in [7, 11) is 2.20. The number of likely N-dealkylation sites (tertiary alicyclic amines) is 1. The summed E-state index contributed by atoms with van der Waals surface area (Å²) in [5.41, 5.74) is 1.57. The summed E-state index contributed by atoms with van der Waals surface area (Å²) in [6.07, 6.45) is 15.3. The Balaban J connectivity index is 1.11. The van der Waals surface area contributed by atoms with Gasteiger partial charge in [0.15, 0.2) is 5.78 Å². The smallest absolute Gasteiger partial charge is 0.223 e. The molecule has 8 aliphatic rings. The second kappa shape index (κ2) is 7.35. The normalized spacial score (nSPS) is 53.1. The van der Waals surface area contributed by atoms with E-state index >= 15 is 0 Å². The predicted molar refractivity (Wildman–Crippen MR) is 133 cm³/mol. The fourth-order valence-corrected chi connectivity index (χ4v) is 11.4. The Morgan fingerprint density at radius 1 is 0.971 bits per heavy atom. The van der Waals surface area contributed by atoms with Crippen LogP contribution < -0.4 is 5.32 Å². The van der Waals surface area contributed by atoms with Gasteiger partial charge >= 0.3 is 0 Å². The largest absolute Gasteiger partial charge is 0.377 e. The van der Waals surface area contributed by atoms with Crippen LogP contribution in [0.2, 0.25) is 0 Å². The molecule has 186 valence electrons. The van der Waals surface area contributed by atoms with Crippen molar-refractivity contribution in [2.24, 2.45) is 58.2 Å². The van der Waals surface area contributed by atoms with E-state index in [1.807, 2.05) is 6.08 Å². The maximum absolute atomic E-state index is 13.9. The highest BCUT2D eigenvalue weighted by molar-refractivity contribution is 5.91. The van der Waals surface area contributed by atoms with Crippen molar-refractivity contribution in [2.75, 3.05) is 13.6 Å². The van der Waals surface area contributed by atoms with Gasteiger partial charge < -0.3 is 10.2 Å². The molecule has 4 nitrogen and oxygen atoms in total. The topological polar surface area (TPSA) is 49.4 Å². The number of piperidine rings is 1. The fourth-order valence-electron chi connectivity index (χ4n) is 11.4. The Morgan fingerprint density at radius 2 is 1.68 bits per heavy atom. The number of allylic oxidation sites excluding steroid dienone is 2. The van der Waals surface area contributed by atoms with Crippen molar-refractivity contribution < 1.29 is 9.59 Å². The average molecular weight is 465 g/mol. The molecular weight excluding hydrogens is 420 g/mol. The van der Waals surface area contributed by atoms with Crippen LogP contribution in [0.3, 0.4) is 0 Å². The maximum atomic E-state index is 13.9. The van der Waals surface area contributed by atoms with Crippen LogP contribution in [0, 0.1) is 58.2 Å². The van der Waals surface area contributed by atoms with Gasteiger partial charge in [0.05, 0.1) is 0 Å². The van der Waals surface area contributed by atoms with Crippen LogP contribution in [-0.2, 0) is 9.59 Å². The zero-order valence-electron chi connectivity index (χ0n) is 21.5. The third kappa shape index (κ3) is 2.95. The molecule has 1 heterocycles. The molecule has 8 rings (SSSR count). The zero-order chi connectivity index (χ0) is 23.4. The minimum Gasteiger partial charge on any atom is -0.377 e. The van der Waals surface area contributed by atoms with Crippen LogP contribution in [-0.4, -0.2) is 36.2 Å². The summed E-state index contributed by atoms with van der Waals surface area (Å²) in [6.45, 7) is 5.97. The van der Waals surface area contributed by atoms with Crippen molar-refractivity contribution in [2.45, 2.75) is 90.5 Å². The third-order valence-electron chi connectivity index (χ3n) is 12.8. The lowest BCUT2D eigenvalue weighted by atomic mass is 9.49. The Morgan fingerprint density at radius 3 is 2.38 bits per heavy atom. The average Bonchev–Trinajstić information content (AvgIpc) is 3.14. The molecule has 1 saturated heterocycles. The van der Waals surface area contributed by atoms with Gasteiger partial charge in [-0.3, -0.25) is 9.59 Å². The van der Waals surface area contributed by atoms with Gasteiger partial charge in [-0.15, -0.1) is 0 Å². The standard InChI is InChI=1S/C30H44N2O2/c1-29-9-7-24-22(16-32(3)26-15-21(33)6-8-30(24,26)2)23(29)4-5-25(29)28(34)31-27-19-11-17-10-18(13-19)14-20(27)12-17/h15,17-20,22-25,27H,4-14,16H2,1-3H3,(H,31,34)/t17?,18?,19?,20?,22-,23-,24-,25+,27?,29-,30+/m0/s1. The van der Waals surface area contributed by atoms with Gasteiger partial charge in [-0.1, -0.05) is 13.8 Å². The lowest BCUT2D eigenvalue weighted by molar-refractivity contribution is -0.137. The molecule has 7 aliphatic carbocycles. The van der Waals surface area contributed by atoms with Gasteiger partial charge in [0, 0.05) is 49.2 Å². The Hall–Kier alpha value is -1.32. The van der Waals surface area contributed by atoms with Gasteiger partial charge in [0.1, 0.15) is 0 Å². The number of amides is 1. The molecule has 7 fully saturated rings. The van der Waals surface area contributed by atoms with E-state index in [-0.39, 0.29) is 16.7 Å². The van der Waals surface area contributed by atoms with E-state index in [2.05, 4.69) is 31.1 Å². The second-order valence-electron chi connectivity index (χ2n) is 14.3. The Bertz CT molecular complexity index is 912. The van der Waals surface area contributed by atoms with Crippen LogP contribution in [0.25, 0.3) is 0 Å². The molecule has 0 aromatic heterocycles. The van der Waals surface area contributed by atoms with Crippen molar-refractivity contribution in [1.82, 2.24) is 10.2 Å². The van der Waals surface area contributed by atoms with E-state index in [9.17, 15) is 9.59 Å². The van der Waals surface area contributed by atoms with Gasteiger partial charge in [0.2, 0.25) is 5.91 Å². The van der Waals surface area contributed by atoms with Crippen LogP contribution in [0.1, 0.15) is 84.5 Å². The first-order chi connectivity index (χ1) is 16.3. The molecule has 0 spiro atoms. The van der Waals surface area contributed by atoms with Crippen LogP contribution in [0.5, 0.6) is 0 Å². The molecule has 6 saturated carbocycles. The molecule has 0 unspecified atom stereocenters. The predicted octanol–water partition coefficient (Wildman–Crippen LogP) is 5.18. The van der Waals surface area contributed by atoms with Crippen LogP contribution >= 0.6 is 0 Å². The Kier molecular flexibility index (Phi) is 4.74. The highest BCUT2D eigenvalue weighted by Crippen LogP contribution is 2.65. The molecule has 0 aromatic rings. The lowest BCUT2D eigenvalue weighted by Crippen LogP contribution is -2.59. The molecule has 0 radical (unpaired) electrons. The number of hydrogen-bond donors (Lipinski definition) is 1. The van der Waals surface area contributed by atoms with Gasteiger partial charge in [0.25, 0.3) is 0 Å². The minimum absolute atomic E-state index is 0.133. The van der Waals surface area contributed by atoms with Gasteiger partial charge in [-0.05, 0) is 111 Å². The number of hydrogen-bond acceptors (Lipinski definition) is 3. The SMILES string of the molecule is CN1C[C@H]2[C@@H]3CC[C@H](C(=O)NC4C5CC6CC(C5)CC4C6)[C@@]3(C)CC[C@@H]2[C@@]2(C)CCC(=O)C=C12. The minimum atomic E-state index is 0.133. The number of nitrogens with one attached hydrogen (secondary N) is 1. The quantitative estimate of drug-likeness (QED) is 0.612. The van der Waals surface area contributed by atoms with Crippen molar-refractivity contribution >= 4 is 11.7 Å². The first-order valence-corrected chi connectivity index (χ1v) is 14.5. The van der Waals surface area contributed by atoms with E-state index in [4.69, 9.17) is 0 Å². The molecule has 0 aromatic carbocycles. The molecule has 4 heteroatoms. The summed E-state index contributed by atoms with van der Waals surface area (Å²) < 4.78 is 0. The second-order valence-corrected chi connectivity index (χ2v) is 14.3. The van der Waals surface area contributed by atoms with E-state index in [1.165, 1.54) is 57.1 Å². The zero-order valence-corrected chi connectivity index (χ0v) is 21.5. The van der Waals surface area contributed by atoms with Gasteiger partial charge in [-0.25, -0.2) is 0 Å². The van der Waals surface area contributed by atoms with Crippen molar-refractivity contribution in [1.29, 1.82) is 0 Å². The van der Waals surface area contributed by atoms with E-state index in [1.54, 1.807) is 0 Å². The first-order valence-electron chi connectivity index (χ1n) is 14.5. The molecule has 6 atom stereocenters. The van der Waals surface area contributed by atoms with Crippen LogP contribution in [0.4, 0.5) is 0 Å². The van der Waals surface area contributed by atoms with Crippen LogP contribution in [0.15, 0.2) is 11.8 Å². The highest BCUT2D eigenvalue weighted by Gasteiger charge is 2.61. The van der Waals surface area contributed by atoms with Crippen molar-refractivity contribution in [3.05, 3.63) is 11.8 Å². The number of rotatable bonds is 2. The summed E-state index contributed by atoms with van der Waals surface area (Å²) in [6, 6.07) is 0.464. The maximum Gasteiger partial charge on any atom is 0.223 e. The molecule has 1 N–H and O–H groups in total.